The maximum absolute atomic E-state index is 11.2. The van der Waals surface area contributed by atoms with Gasteiger partial charge in [0.25, 0.3) is 5.91 Å². The van der Waals surface area contributed by atoms with Crippen molar-refractivity contribution in [3.8, 4) is 0 Å². The number of hydrogen-bond acceptors (Lipinski definition) is 3. The van der Waals surface area contributed by atoms with Crippen LogP contribution in [0.15, 0.2) is 34.9 Å². The Morgan fingerprint density at radius 1 is 1.47 bits per heavy atom. The third-order valence-corrected chi connectivity index (χ3v) is 3.51. The summed E-state index contributed by atoms with van der Waals surface area (Å²) in [6, 6.07) is 7.64. The molecule has 1 aromatic rings. The van der Waals surface area contributed by atoms with E-state index in [0.717, 1.165) is 10.5 Å². The van der Waals surface area contributed by atoms with Crippen molar-refractivity contribution in [2.45, 2.75) is 4.90 Å². The van der Waals surface area contributed by atoms with Crippen LogP contribution in [0.25, 0.3) is 5.03 Å². The molecule has 3 nitrogen and oxygen atoms in total. The van der Waals surface area contributed by atoms with Crippen LogP contribution in [0.5, 0.6) is 0 Å². The topological polar surface area (TPSA) is 46.3 Å². The van der Waals surface area contributed by atoms with E-state index < -0.39 is 5.91 Å². The molecule has 0 radical (unpaired) electrons. The molecular weight excluding hydrogens is 232 g/mol. The van der Waals surface area contributed by atoms with Crippen LogP contribution in [-0.4, -0.2) is 17.3 Å². The van der Waals surface area contributed by atoms with Crippen molar-refractivity contribution in [2.75, 3.05) is 7.05 Å². The number of likely N-dealkylation sites (N-methyl/N-ethyl adjacent to an activating group) is 1. The number of amides is 1. The number of primary amides is 1. The van der Waals surface area contributed by atoms with Crippen LogP contribution in [0.1, 0.15) is 5.56 Å². The van der Waals surface area contributed by atoms with Crippen LogP contribution < -0.4 is 5.73 Å². The minimum Gasteiger partial charge on any atom is -0.364 e. The van der Waals surface area contributed by atoms with Gasteiger partial charge in [0.1, 0.15) is 5.70 Å². The monoisotopic (exact) mass is 240 g/mol. The van der Waals surface area contributed by atoms with Crippen molar-refractivity contribution in [3.05, 3.63) is 35.5 Å². The molecule has 0 saturated heterocycles. The molecule has 1 amide bonds. The summed E-state index contributed by atoms with van der Waals surface area (Å²) in [5, 5.41) is 0.416. The zero-order chi connectivity index (χ0) is 11.0. The smallest absolute Gasteiger partial charge is 0.267 e. The molecule has 1 aromatic carbocycles. The molecular formula is C10H9ClN2OS. The highest BCUT2D eigenvalue weighted by Gasteiger charge is 2.25. The van der Waals surface area contributed by atoms with E-state index in [0.29, 0.717) is 10.7 Å². The lowest BCUT2D eigenvalue weighted by atomic mass is 10.2. The molecule has 0 aromatic heterocycles. The fourth-order valence-corrected chi connectivity index (χ4v) is 2.92. The quantitative estimate of drug-likeness (QED) is 0.764. The molecule has 2 N–H and O–H groups in total. The third-order valence-electron chi connectivity index (χ3n) is 2.12. The average Bonchev–Trinajstić information content (AvgIpc) is 2.17. The summed E-state index contributed by atoms with van der Waals surface area (Å²) in [4.78, 5) is 12.2. The Kier molecular flexibility index (Phi) is 2.63. The number of carbonyl (C=O) groups excluding carboxylic acids is 1. The summed E-state index contributed by atoms with van der Waals surface area (Å²) in [5.74, 6) is -0.510. The summed E-state index contributed by atoms with van der Waals surface area (Å²) in [6.07, 6.45) is 0. The summed E-state index contributed by atoms with van der Waals surface area (Å²) in [5.41, 5.74) is 6.47. The van der Waals surface area contributed by atoms with Gasteiger partial charge in [0.05, 0.1) is 5.03 Å². The maximum atomic E-state index is 11.2. The molecule has 0 aliphatic carbocycles. The van der Waals surface area contributed by atoms with E-state index in [-0.39, 0.29) is 0 Å². The van der Waals surface area contributed by atoms with Gasteiger partial charge < -0.3 is 10.0 Å². The summed E-state index contributed by atoms with van der Waals surface area (Å²) in [6.45, 7) is 0. The second-order valence-electron chi connectivity index (χ2n) is 3.11. The average molecular weight is 241 g/mol. The van der Waals surface area contributed by atoms with Gasteiger partial charge in [-0.3, -0.25) is 4.79 Å². The molecule has 1 aliphatic heterocycles. The van der Waals surface area contributed by atoms with E-state index in [1.165, 1.54) is 11.9 Å². The van der Waals surface area contributed by atoms with Gasteiger partial charge in [-0.05, 0) is 18.0 Å². The number of hydrogen-bond donors (Lipinski definition) is 1. The molecule has 15 heavy (non-hydrogen) atoms. The van der Waals surface area contributed by atoms with Crippen LogP contribution in [0.2, 0.25) is 0 Å². The number of nitrogens with zero attached hydrogens (tertiary/aromatic N) is 1. The standard InChI is InChI=1S/C10H9ClN2OS/c1-13-9(10(12)14)8(11)6-4-2-3-5-7(6)15-13/h2-5H,1H3,(H2,12,14). The van der Waals surface area contributed by atoms with Gasteiger partial charge in [0.2, 0.25) is 0 Å². The van der Waals surface area contributed by atoms with Crippen molar-refractivity contribution >= 4 is 34.5 Å². The zero-order valence-electron chi connectivity index (χ0n) is 8.03. The first-order valence-corrected chi connectivity index (χ1v) is 5.47. The first kappa shape index (κ1) is 10.4. The number of carbonyl (C=O) groups is 1. The van der Waals surface area contributed by atoms with Crippen LogP contribution in [0.4, 0.5) is 0 Å². The van der Waals surface area contributed by atoms with E-state index in [4.69, 9.17) is 17.3 Å². The highest BCUT2D eigenvalue weighted by Crippen LogP contribution is 2.41. The number of rotatable bonds is 1. The fourth-order valence-electron chi connectivity index (χ4n) is 1.45. The van der Waals surface area contributed by atoms with Gasteiger partial charge in [0.15, 0.2) is 0 Å². The Morgan fingerprint density at radius 3 is 2.80 bits per heavy atom. The summed E-state index contributed by atoms with van der Waals surface area (Å²) >= 11 is 7.57. The molecule has 0 bridgehead atoms. The largest absolute Gasteiger partial charge is 0.364 e. The second-order valence-corrected chi connectivity index (χ2v) is 4.66. The molecule has 1 aliphatic rings. The molecule has 1 heterocycles. The van der Waals surface area contributed by atoms with Gasteiger partial charge in [-0.2, -0.15) is 0 Å². The lowest BCUT2D eigenvalue weighted by Crippen LogP contribution is -2.26. The van der Waals surface area contributed by atoms with Crippen molar-refractivity contribution in [1.29, 1.82) is 0 Å². The van der Waals surface area contributed by atoms with Crippen molar-refractivity contribution in [3.63, 3.8) is 0 Å². The summed E-state index contributed by atoms with van der Waals surface area (Å²) in [7, 11) is 1.77. The number of benzene rings is 1. The van der Waals surface area contributed by atoms with Crippen molar-refractivity contribution in [2.24, 2.45) is 5.73 Å². The summed E-state index contributed by atoms with van der Waals surface area (Å²) < 4.78 is 1.69. The lowest BCUT2D eigenvalue weighted by Gasteiger charge is -2.26. The van der Waals surface area contributed by atoms with E-state index in [9.17, 15) is 4.79 Å². The first-order valence-electron chi connectivity index (χ1n) is 4.32. The molecule has 0 saturated carbocycles. The molecule has 0 fully saturated rings. The predicted molar refractivity (Wildman–Crippen MR) is 62.0 cm³/mol. The van der Waals surface area contributed by atoms with Gasteiger partial charge in [-0.1, -0.05) is 29.8 Å². The zero-order valence-corrected chi connectivity index (χ0v) is 9.60. The van der Waals surface area contributed by atoms with Gasteiger partial charge in [-0.25, -0.2) is 0 Å². The molecule has 0 spiro atoms. The molecule has 2 rings (SSSR count). The van der Waals surface area contributed by atoms with Crippen molar-refractivity contribution < 1.29 is 4.79 Å². The lowest BCUT2D eigenvalue weighted by molar-refractivity contribution is -0.115. The number of nitrogens with two attached hydrogens (primary N) is 1. The second kappa shape index (κ2) is 3.79. The van der Waals surface area contributed by atoms with Crippen molar-refractivity contribution in [1.82, 2.24) is 4.31 Å². The van der Waals surface area contributed by atoms with Gasteiger partial charge >= 0.3 is 0 Å². The minimum absolute atomic E-state index is 0.348. The van der Waals surface area contributed by atoms with E-state index in [1.807, 2.05) is 24.3 Å². The number of halogens is 1. The van der Waals surface area contributed by atoms with Crippen LogP contribution >= 0.6 is 23.5 Å². The Hall–Kier alpha value is -1.13. The van der Waals surface area contributed by atoms with Crippen LogP contribution in [0.3, 0.4) is 0 Å². The predicted octanol–water partition coefficient (Wildman–Crippen LogP) is 2.03. The molecule has 78 valence electrons. The van der Waals surface area contributed by atoms with E-state index >= 15 is 0 Å². The Labute approximate surface area is 97.0 Å². The highest BCUT2D eigenvalue weighted by molar-refractivity contribution is 7.97. The first-order chi connectivity index (χ1) is 7.11. The van der Waals surface area contributed by atoms with E-state index in [1.54, 1.807) is 11.4 Å². The van der Waals surface area contributed by atoms with Gasteiger partial charge in [0, 0.05) is 17.5 Å². The normalized spacial score (nSPS) is 15.2. The molecule has 5 heteroatoms. The Morgan fingerprint density at radius 2 is 2.13 bits per heavy atom. The van der Waals surface area contributed by atoms with Crippen LogP contribution in [-0.2, 0) is 4.79 Å². The number of fused-ring (bicyclic) bond motifs is 1. The third kappa shape index (κ3) is 1.70. The van der Waals surface area contributed by atoms with Crippen LogP contribution in [0, 0.1) is 0 Å². The molecule has 0 atom stereocenters. The maximum Gasteiger partial charge on any atom is 0.267 e. The van der Waals surface area contributed by atoms with E-state index in [2.05, 4.69) is 0 Å². The molecule has 0 unspecified atom stereocenters. The SMILES string of the molecule is CN1Sc2ccccc2C(Cl)=C1C(N)=O. The fraction of sp³-hybridized carbons (Fsp3) is 0.100. The Balaban J connectivity index is 2.62. The highest BCUT2D eigenvalue weighted by atomic mass is 35.5. The Bertz CT molecular complexity index is 458. The minimum atomic E-state index is -0.510. The van der Waals surface area contributed by atoms with Gasteiger partial charge in [-0.15, -0.1) is 0 Å².